The van der Waals surface area contributed by atoms with Crippen molar-refractivity contribution >= 4 is 12.1 Å². The van der Waals surface area contributed by atoms with Gasteiger partial charge in [-0.3, -0.25) is 0 Å². The second kappa shape index (κ2) is 8.05. The quantitative estimate of drug-likeness (QED) is 0.735. The average molecular weight is 415 g/mol. The lowest BCUT2D eigenvalue weighted by Gasteiger charge is -2.31. The molecule has 7 heteroatoms. The number of alkyl halides is 2. The predicted octanol–water partition coefficient (Wildman–Crippen LogP) is 4.80. The Morgan fingerprint density at radius 3 is 2.10 bits per heavy atom. The van der Waals surface area contributed by atoms with Crippen LogP contribution in [0.2, 0.25) is 0 Å². The summed E-state index contributed by atoms with van der Waals surface area (Å²) in [5.74, 6) is -4.68. The normalized spacial score (nSPS) is 18.9. The second-order valence-corrected chi connectivity index (χ2v) is 7.98. The largest absolute Gasteiger partial charge is 0.480 e. The van der Waals surface area contributed by atoms with Crippen molar-refractivity contribution in [2.24, 2.45) is 5.92 Å². The number of rotatable bonds is 5. The monoisotopic (exact) mass is 415 g/mol. The molecule has 30 heavy (non-hydrogen) atoms. The molecular formula is C23H23F2NO4. The molecular weight excluding hydrogens is 392 g/mol. The Hall–Kier alpha value is -2.96. The number of carbonyl (C=O) groups is 2. The molecule has 1 atom stereocenters. The zero-order valence-electron chi connectivity index (χ0n) is 16.3. The number of nitrogens with one attached hydrogen (secondary N) is 1. The summed E-state index contributed by atoms with van der Waals surface area (Å²) in [4.78, 5) is 24.0. The summed E-state index contributed by atoms with van der Waals surface area (Å²) in [5.41, 5.74) is 4.29. The van der Waals surface area contributed by atoms with Crippen molar-refractivity contribution in [2.75, 3.05) is 6.61 Å². The van der Waals surface area contributed by atoms with Gasteiger partial charge in [0, 0.05) is 18.8 Å². The summed E-state index contributed by atoms with van der Waals surface area (Å²) in [6, 6.07) is 14.5. The van der Waals surface area contributed by atoms with E-state index in [1.807, 2.05) is 48.5 Å². The molecule has 2 N–H and O–H groups in total. The first-order valence-electron chi connectivity index (χ1n) is 10.1. The number of fused-ring (bicyclic) bond motifs is 3. The fourth-order valence-electron chi connectivity index (χ4n) is 4.54. The van der Waals surface area contributed by atoms with Crippen molar-refractivity contribution in [1.29, 1.82) is 0 Å². The van der Waals surface area contributed by atoms with Crippen LogP contribution in [0, 0.1) is 5.92 Å². The summed E-state index contributed by atoms with van der Waals surface area (Å²) in [5, 5.41) is 11.9. The molecule has 2 aromatic carbocycles. The third-order valence-corrected chi connectivity index (χ3v) is 6.12. The number of halogens is 2. The Bertz CT molecular complexity index is 906. The Kier molecular flexibility index (Phi) is 5.45. The average Bonchev–Trinajstić information content (AvgIpc) is 3.04. The SMILES string of the molecule is O=C(N[C@@H](C(=O)O)C1CCC(F)(F)CC1)OCC1c2ccccc2-c2ccccc21. The van der Waals surface area contributed by atoms with Gasteiger partial charge in [0.25, 0.3) is 0 Å². The molecule has 0 aliphatic heterocycles. The van der Waals surface area contributed by atoms with Crippen LogP contribution in [0.25, 0.3) is 11.1 Å². The zero-order chi connectivity index (χ0) is 21.3. The number of hydrogen-bond acceptors (Lipinski definition) is 3. The topological polar surface area (TPSA) is 75.6 Å². The van der Waals surface area contributed by atoms with Gasteiger partial charge in [-0.1, -0.05) is 48.5 Å². The summed E-state index contributed by atoms with van der Waals surface area (Å²) < 4.78 is 32.2. The summed E-state index contributed by atoms with van der Waals surface area (Å²) in [6.07, 6.45) is -1.48. The molecule has 2 aliphatic rings. The van der Waals surface area contributed by atoms with Crippen molar-refractivity contribution in [3.05, 3.63) is 59.7 Å². The van der Waals surface area contributed by atoms with Gasteiger partial charge in [-0.05, 0) is 41.0 Å². The van der Waals surface area contributed by atoms with Crippen LogP contribution in [0.3, 0.4) is 0 Å². The lowest BCUT2D eigenvalue weighted by Crippen LogP contribution is -2.48. The molecule has 0 radical (unpaired) electrons. The smallest absolute Gasteiger partial charge is 0.407 e. The van der Waals surface area contributed by atoms with E-state index in [0.717, 1.165) is 22.3 Å². The van der Waals surface area contributed by atoms with Gasteiger partial charge in [-0.2, -0.15) is 0 Å². The van der Waals surface area contributed by atoms with E-state index in [4.69, 9.17) is 4.74 Å². The second-order valence-electron chi connectivity index (χ2n) is 7.98. The lowest BCUT2D eigenvalue weighted by molar-refractivity contribution is -0.142. The highest BCUT2D eigenvalue weighted by Crippen LogP contribution is 2.44. The highest BCUT2D eigenvalue weighted by atomic mass is 19.3. The number of carbonyl (C=O) groups excluding carboxylic acids is 1. The van der Waals surface area contributed by atoms with Gasteiger partial charge < -0.3 is 15.2 Å². The van der Waals surface area contributed by atoms with E-state index in [2.05, 4.69) is 5.32 Å². The molecule has 0 spiro atoms. The molecule has 5 nitrogen and oxygen atoms in total. The van der Waals surface area contributed by atoms with E-state index in [-0.39, 0.29) is 38.2 Å². The highest BCUT2D eigenvalue weighted by Gasteiger charge is 2.40. The minimum atomic E-state index is -2.76. The molecule has 1 saturated carbocycles. The van der Waals surface area contributed by atoms with Crippen LogP contribution in [-0.4, -0.2) is 35.7 Å². The molecule has 0 bridgehead atoms. The molecule has 0 unspecified atom stereocenters. The number of amides is 1. The van der Waals surface area contributed by atoms with Crippen molar-refractivity contribution in [3.63, 3.8) is 0 Å². The summed E-state index contributed by atoms with van der Waals surface area (Å²) in [6.45, 7) is 0.0644. The Morgan fingerprint density at radius 2 is 1.57 bits per heavy atom. The van der Waals surface area contributed by atoms with E-state index in [1.165, 1.54) is 0 Å². The Labute approximate surface area is 173 Å². The predicted molar refractivity (Wildman–Crippen MR) is 107 cm³/mol. The van der Waals surface area contributed by atoms with Crippen molar-refractivity contribution in [3.8, 4) is 11.1 Å². The first-order valence-corrected chi connectivity index (χ1v) is 10.1. The number of carboxylic acids is 1. The van der Waals surface area contributed by atoms with Crippen molar-refractivity contribution < 1.29 is 28.2 Å². The standard InChI is InChI=1S/C23H23F2NO4/c24-23(25)11-9-14(10-12-23)20(21(27)28)26-22(29)30-13-19-17-7-3-1-5-15(17)16-6-2-4-8-18(16)19/h1-8,14,19-20H,9-13H2,(H,26,29)(H,27,28)/t20-/m1/s1. The van der Waals surface area contributed by atoms with E-state index in [1.54, 1.807) is 0 Å². The van der Waals surface area contributed by atoms with Crippen LogP contribution >= 0.6 is 0 Å². The molecule has 1 fully saturated rings. The van der Waals surface area contributed by atoms with Gasteiger partial charge in [0.05, 0.1) is 0 Å². The Balaban J connectivity index is 1.41. The maximum absolute atomic E-state index is 13.4. The number of alkyl carbamates (subject to hydrolysis) is 1. The van der Waals surface area contributed by atoms with Crippen LogP contribution in [-0.2, 0) is 9.53 Å². The number of aliphatic carboxylic acids is 1. The Morgan fingerprint density at radius 1 is 1.03 bits per heavy atom. The third kappa shape index (κ3) is 4.01. The van der Waals surface area contributed by atoms with Crippen LogP contribution in [0.1, 0.15) is 42.7 Å². The van der Waals surface area contributed by atoms with Gasteiger partial charge in [-0.15, -0.1) is 0 Å². The van der Waals surface area contributed by atoms with Crippen LogP contribution in [0.5, 0.6) is 0 Å². The number of ether oxygens (including phenoxy) is 1. The third-order valence-electron chi connectivity index (χ3n) is 6.12. The van der Waals surface area contributed by atoms with Gasteiger partial charge in [0.1, 0.15) is 12.6 Å². The molecule has 1 amide bonds. The van der Waals surface area contributed by atoms with E-state index in [9.17, 15) is 23.5 Å². The van der Waals surface area contributed by atoms with Crippen LogP contribution in [0.4, 0.5) is 13.6 Å². The van der Waals surface area contributed by atoms with Gasteiger partial charge >= 0.3 is 12.1 Å². The fourth-order valence-corrected chi connectivity index (χ4v) is 4.54. The maximum Gasteiger partial charge on any atom is 0.407 e. The zero-order valence-corrected chi connectivity index (χ0v) is 16.3. The molecule has 2 aromatic rings. The van der Waals surface area contributed by atoms with Crippen LogP contribution < -0.4 is 5.32 Å². The molecule has 0 saturated heterocycles. The molecule has 2 aliphatic carbocycles. The van der Waals surface area contributed by atoms with Gasteiger partial charge in [0.2, 0.25) is 5.92 Å². The summed E-state index contributed by atoms with van der Waals surface area (Å²) >= 11 is 0. The van der Waals surface area contributed by atoms with Gasteiger partial charge in [0.15, 0.2) is 0 Å². The van der Waals surface area contributed by atoms with E-state index >= 15 is 0 Å². The maximum atomic E-state index is 13.4. The van der Waals surface area contributed by atoms with Crippen molar-refractivity contribution in [1.82, 2.24) is 5.32 Å². The summed E-state index contributed by atoms with van der Waals surface area (Å²) in [7, 11) is 0. The fraction of sp³-hybridized carbons (Fsp3) is 0.391. The van der Waals surface area contributed by atoms with Crippen LogP contribution in [0.15, 0.2) is 48.5 Å². The minimum absolute atomic E-state index is 0.0492. The first kappa shape index (κ1) is 20.3. The minimum Gasteiger partial charge on any atom is -0.480 e. The number of benzene rings is 2. The van der Waals surface area contributed by atoms with E-state index in [0.29, 0.717) is 0 Å². The molecule has 0 heterocycles. The number of carboxylic acid groups (broad SMARTS) is 1. The highest BCUT2D eigenvalue weighted by molar-refractivity contribution is 5.81. The number of hydrogen-bond donors (Lipinski definition) is 2. The van der Waals surface area contributed by atoms with E-state index < -0.39 is 29.9 Å². The molecule has 4 rings (SSSR count). The van der Waals surface area contributed by atoms with Gasteiger partial charge in [-0.25, -0.2) is 18.4 Å². The van der Waals surface area contributed by atoms with Crippen molar-refractivity contribution in [2.45, 2.75) is 43.6 Å². The molecule has 158 valence electrons. The molecule has 0 aromatic heterocycles. The lowest BCUT2D eigenvalue weighted by atomic mass is 9.82. The first-order chi connectivity index (χ1) is 14.4.